The number of nitrogens with one attached hydrogen (secondary N) is 2. The molecule has 4 N–H and O–H groups in total. The fraction of sp³-hybridized carbons (Fsp3) is 0.692. The van der Waals surface area contributed by atoms with E-state index >= 15 is 0 Å². The number of amides is 2. The lowest BCUT2D eigenvalue weighted by Gasteiger charge is -2.31. The first-order chi connectivity index (χ1) is 9.17. The zero-order valence-electron chi connectivity index (χ0n) is 11.4. The monoisotopic (exact) mass is 268 g/mol. The summed E-state index contributed by atoms with van der Waals surface area (Å²) in [5, 5.41) is 5.55. The Balaban J connectivity index is 2.34. The fourth-order valence-electron chi connectivity index (χ4n) is 2.20. The van der Waals surface area contributed by atoms with Crippen LogP contribution in [-0.4, -0.2) is 56.0 Å². The van der Waals surface area contributed by atoms with E-state index < -0.39 is 0 Å². The predicted molar refractivity (Wildman–Crippen MR) is 74.4 cm³/mol. The zero-order chi connectivity index (χ0) is 14.1. The Kier molecular flexibility index (Phi) is 7.14. The van der Waals surface area contributed by atoms with Gasteiger partial charge in [0, 0.05) is 26.2 Å². The number of nitrogens with two attached hydrogens (primary N) is 1. The summed E-state index contributed by atoms with van der Waals surface area (Å²) >= 11 is 0. The molecule has 1 saturated heterocycles. The zero-order valence-corrected chi connectivity index (χ0v) is 11.4. The summed E-state index contributed by atoms with van der Waals surface area (Å²) in [6.45, 7) is 6.83. The molecule has 1 unspecified atom stereocenters. The first-order valence-corrected chi connectivity index (χ1v) is 6.75. The Morgan fingerprint density at radius 1 is 1.42 bits per heavy atom. The lowest BCUT2D eigenvalue weighted by atomic mass is 9.97. The van der Waals surface area contributed by atoms with Crippen LogP contribution in [0, 0.1) is 5.92 Å². The molecule has 0 aliphatic carbocycles. The summed E-state index contributed by atoms with van der Waals surface area (Å²) in [5.41, 5.74) is 5.36. The summed E-state index contributed by atoms with van der Waals surface area (Å²) in [4.78, 5) is 25.5. The molecule has 2 amide bonds. The van der Waals surface area contributed by atoms with Gasteiger partial charge in [-0.3, -0.25) is 14.5 Å². The molecule has 0 saturated carbocycles. The van der Waals surface area contributed by atoms with E-state index in [-0.39, 0.29) is 17.7 Å². The molecule has 0 spiro atoms. The Hall–Kier alpha value is -1.40. The van der Waals surface area contributed by atoms with Crippen LogP contribution in [0.5, 0.6) is 0 Å². The second-order valence-electron chi connectivity index (χ2n) is 4.75. The SMILES string of the molecule is C=CCNC(=O)CN1CCCC(C(=O)NCCN)C1. The number of carbonyl (C=O) groups excluding carboxylic acids is 2. The van der Waals surface area contributed by atoms with Gasteiger partial charge in [0.2, 0.25) is 11.8 Å². The van der Waals surface area contributed by atoms with Crippen LogP contribution in [0.4, 0.5) is 0 Å². The van der Waals surface area contributed by atoms with Gasteiger partial charge in [0.15, 0.2) is 0 Å². The lowest BCUT2D eigenvalue weighted by Crippen LogP contribution is -2.47. The molecule has 0 aromatic carbocycles. The van der Waals surface area contributed by atoms with Crippen LogP contribution in [0.2, 0.25) is 0 Å². The van der Waals surface area contributed by atoms with E-state index in [0.29, 0.717) is 32.7 Å². The van der Waals surface area contributed by atoms with Crippen LogP contribution >= 0.6 is 0 Å². The van der Waals surface area contributed by atoms with E-state index in [0.717, 1.165) is 19.4 Å². The van der Waals surface area contributed by atoms with Crippen molar-refractivity contribution in [1.82, 2.24) is 15.5 Å². The summed E-state index contributed by atoms with van der Waals surface area (Å²) in [6.07, 6.45) is 3.47. The smallest absolute Gasteiger partial charge is 0.234 e. The quantitative estimate of drug-likeness (QED) is 0.521. The highest BCUT2D eigenvalue weighted by atomic mass is 16.2. The molecule has 1 aliphatic rings. The molecule has 6 nitrogen and oxygen atoms in total. The Bertz CT molecular complexity index is 320. The van der Waals surface area contributed by atoms with Crippen molar-refractivity contribution >= 4 is 11.8 Å². The van der Waals surface area contributed by atoms with Gasteiger partial charge in [-0.25, -0.2) is 0 Å². The number of hydrogen-bond donors (Lipinski definition) is 3. The maximum absolute atomic E-state index is 11.9. The first-order valence-electron chi connectivity index (χ1n) is 6.75. The number of nitrogens with zero attached hydrogens (tertiary/aromatic N) is 1. The normalized spacial score (nSPS) is 19.7. The van der Waals surface area contributed by atoms with Crippen molar-refractivity contribution in [2.45, 2.75) is 12.8 Å². The van der Waals surface area contributed by atoms with Gasteiger partial charge in [-0.15, -0.1) is 6.58 Å². The number of hydrogen-bond acceptors (Lipinski definition) is 4. The topological polar surface area (TPSA) is 87.5 Å². The lowest BCUT2D eigenvalue weighted by molar-refractivity contribution is -0.128. The van der Waals surface area contributed by atoms with Crippen molar-refractivity contribution in [1.29, 1.82) is 0 Å². The average molecular weight is 268 g/mol. The highest BCUT2D eigenvalue weighted by Crippen LogP contribution is 2.16. The van der Waals surface area contributed by atoms with Gasteiger partial charge in [-0.1, -0.05) is 6.08 Å². The molecule has 1 atom stereocenters. The van der Waals surface area contributed by atoms with Crippen LogP contribution < -0.4 is 16.4 Å². The molecule has 108 valence electrons. The van der Waals surface area contributed by atoms with Gasteiger partial charge >= 0.3 is 0 Å². The Morgan fingerprint density at radius 3 is 2.89 bits per heavy atom. The summed E-state index contributed by atoms with van der Waals surface area (Å²) in [6, 6.07) is 0. The third-order valence-electron chi connectivity index (χ3n) is 3.13. The van der Waals surface area contributed by atoms with Crippen molar-refractivity contribution in [3.63, 3.8) is 0 Å². The van der Waals surface area contributed by atoms with Gasteiger partial charge in [0.25, 0.3) is 0 Å². The number of likely N-dealkylation sites (tertiary alicyclic amines) is 1. The third-order valence-corrected chi connectivity index (χ3v) is 3.13. The molecule has 0 bridgehead atoms. The molecule has 0 radical (unpaired) electrons. The van der Waals surface area contributed by atoms with Crippen LogP contribution in [0.3, 0.4) is 0 Å². The minimum Gasteiger partial charge on any atom is -0.355 e. The predicted octanol–water partition coefficient (Wildman–Crippen LogP) is -0.924. The summed E-state index contributed by atoms with van der Waals surface area (Å²) in [7, 11) is 0. The maximum atomic E-state index is 11.9. The highest BCUT2D eigenvalue weighted by Gasteiger charge is 2.26. The molecule has 0 aromatic rings. The second-order valence-corrected chi connectivity index (χ2v) is 4.75. The van der Waals surface area contributed by atoms with E-state index in [4.69, 9.17) is 5.73 Å². The largest absolute Gasteiger partial charge is 0.355 e. The van der Waals surface area contributed by atoms with Crippen molar-refractivity contribution in [2.75, 3.05) is 39.3 Å². The van der Waals surface area contributed by atoms with Crippen LogP contribution in [0.15, 0.2) is 12.7 Å². The molecule has 1 heterocycles. The number of carbonyl (C=O) groups is 2. The average Bonchev–Trinajstić information content (AvgIpc) is 2.42. The minimum absolute atomic E-state index is 0.0251. The summed E-state index contributed by atoms with van der Waals surface area (Å²) in [5.74, 6) is -0.0166. The van der Waals surface area contributed by atoms with Crippen LogP contribution in [0.1, 0.15) is 12.8 Å². The van der Waals surface area contributed by atoms with Gasteiger partial charge in [-0.05, 0) is 19.4 Å². The van der Waals surface area contributed by atoms with E-state index in [1.165, 1.54) is 0 Å². The molecule has 19 heavy (non-hydrogen) atoms. The van der Waals surface area contributed by atoms with Crippen molar-refractivity contribution in [2.24, 2.45) is 11.7 Å². The molecular formula is C13H24N4O2. The van der Waals surface area contributed by atoms with Crippen LogP contribution in [0.25, 0.3) is 0 Å². The van der Waals surface area contributed by atoms with E-state index in [1.807, 2.05) is 4.90 Å². The first kappa shape index (κ1) is 15.7. The minimum atomic E-state index is -0.0347. The van der Waals surface area contributed by atoms with Crippen molar-refractivity contribution in [3.05, 3.63) is 12.7 Å². The fourth-order valence-corrected chi connectivity index (χ4v) is 2.20. The number of piperidine rings is 1. The molecule has 1 fully saturated rings. The third kappa shape index (κ3) is 5.85. The van der Waals surface area contributed by atoms with Gasteiger partial charge in [0.05, 0.1) is 12.5 Å². The van der Waals surface area contributed by atoms with Crippen molar-refractivity contribution < 1.29 is 9.59 Å². The van der Waals surface area contributed by atoms with Gasteiger partial charge in [0.1, 0.15) is 0 Å². The molecular weight excluding hydrogens is 244 g/mol. The summed E-state index contributed by atoms with van der Waals surface area (Å²) < 4.78 is 0. The second kappa shape index (κ2) is 8.66. The van der Waals surface area contributed by atoms with E-state index in [2.05, 4.69) is 17.2 Å². The maximum Gasteiger partial charge on any atom is 0.234 e. The molecule has 0 aromatic heterocycles. The van der Waals surface area contributed by atoms with E-state index in [1.54, 1.807) is 6.08 Å². The van der Waals surface area contributed by atoms with E-state index in [9.17, 15) is 9.59 Å². The standard InChI is InChI=1S/C13H24N4O2/c1-2-6-15-12(18)10-17-8-3-4-11(9-17)13(19)16-7-5-14/h2,11H,1,3-10,14H2,(H,15,18)(H,16,19). The van der Waals surface area contributed by atoms with Crippen LogP contribution in [-0.2, 0) is 9.59 Å². The molecule has 1 rings (SSSR count). The van der Waals surface area contributed by atoms with Gasteiger partial charge < -0.3 is 16.4 Å². The van der Waals surface area contributed by atoms with Crippen molar-refractivity contribution in [3.8, 4) is 0 Å². The molecule has 1 aliphatic heterocycles. The Labute approximate surface area is 114 Å². The Morgan fingerprint density at radius 2 is 2.21 bits per heavy atom. The number of rotatable bonds is 7. The highest BCUT2D eigenvalue weighted by molar-refractivity contribution is 5.80. The van der Waals surface area contributed by atoms with Gasteiger partial charge in [-0.2, -0.15) is 0 Å². The molecule has 6 heteroatoms.